The summed E-state index contributed by atoms with van der Waals surface area (Å²) in [7, 11) is 0. The third kappa shape index (κ3) is 2.43. The number of aromatic nitrogens is 1. The van der Waals surface area contributed by atoms with Crippen LogP contribution in [0, 0.1) is 5.82 Å². The van der Waals surface area contributed by atoms with E-state index in [0.29, 0.717) is 27.5 Å². The van der Waals surface area contributed by atoms with E-state index < -0.39 is 5.82 Å². The lowest BCUT2D eigenvalue weighted by atomic mass is 10.0. The van der Waals surface area contributed by atoms with Gasteiger partial charge in [-0.1, -0.05) is 41.0 Å². The van der Waals surface area contributed by atoms with Gasteiger partial charge in [0.05, 0.1) is 10.0 Å². The van der Waals surface area contributed by atoms with Gasteiger partial charge in [-0.15, -0.1) is 0 Å². The number of hydrogen-bond donors (Lipinski definition) is 1. The van der Waals surface area contributed by atoms with Gasteiger partial charge in [-0.2, -0.15) is 0 Å². The van der Waals surface area contributed by atoms with Gasteiger partial charge in [0.1, 0.15) is 5.82 Å². The van der Waals surface area contributed by atoms with Crippen molar-refractivity contribution in [1.29, 1.82) is 0 Å². The molecular formula is C15H9BrClFN2O. The molecule has 3 aromatic rings. The van der Waals surface area contributed by atoms with Crippen molar-refractivity contribution in [2.24, 2.45) is 0 Å². The maximum absolute atomic E-state index is 13.7. The Kier molecular flexibility index (Phi) is 3.69. The minimum atomic E-state index is -0.396. The van der Waals surface area contributed by atoms with Gasteiger partial charge in [0.2, 0.25) is 0 Å². The third-order valence-corrected chi connectivity index (χ3v) is 4.19. The van der Waals surface area contributed by atoms with E-state index >= 15 is 0 Å². The third-order valence-electron chi connectivity index (χ3n) is 3.06. The zero-order valence-corrected chi connectivity index (χ0v) is 13.0. The Labute approximate surface area is 133 Å². The van der Waals surface area contributed by atoms with Gasteiger partial charge in [-0.05, 0) is 34.1 Å². The lowest BCUT2D eigenvalue weighted by Crippen LogP contribution is -1.90. The Morgan fingerprint density at radius 2 is 1.81 bits per heavy atom. The molecule has 0 aliphatic carbocycles. The van der Waals surface area contributed by atoms with Gasteiger partial charge in [0.25, 0.3) is 0 Å². The van der Waals surface area contributed by atoms with Crippen molar-refractivity contribution in [2.75, 3.05) is 5.73 Å². The smallest absolute Gasteiger partial charge is 0.178 e. The number of nitrogen functional groups attached to an aromatic ring is 1. The first-order valence-electron chi connectivity index (χ1n) is 6.04. The first-order chi connectivity index (χ1) is 10.1. The molecule has 2 aromatic carbocycles. The maximum Gasteiger partial charge on any atom is 0.178 e. The molecule has 0 radical (unpaired) electrons. The molecule has 0 fully saturated rings. The molecule has 0 amide bonds. The van der Waals surface area contributed by atoms with E-state index in [1.807, 2.05) is 18.2 Å². The van der Waals surface area contributed by atoms with Crippen LogP contribution in [0.15, 0.2) is 51.5 Å². The molecule has 0 aliphatic heterocycles. The Bertz CT molecular complexity index is 819. The number of nitrogens with zero attached hydrogens (tertiary/aromatic N) is 1. The summed E-state index contributed by atoms with van der Waals surface area (Å²) in [5, 5.41) is 4.30. The number of hydrogen-bond acceptors (Lipinski definition) is 3. The second-order valence-corrected chi connectivity index (χ2v) is 5.55. The highest BCUT2D eigenvalue weighted by Gasteiger charge is 2.22. The molecule has 1 heterocycles. The standard InChI is InChI=1S/C15H9BrClFN2O/c16-13-9(5-3-7-11(13)18)14-12(15(19)20-21-14)8-4-1-2-6-10(8)17/h1-7H,(H2,19,20). The van der Waals surface area contributed by atoms with Crippen LogP contribution in [-0.2, 0) is 0 Å². The second kappa shape index (κ2) is 5.50. The van der Waals surface area contributed by atoms with Gasteiger partial charge < -0.3 is 10.3 Å². The van der Waals surface area contributed by atoms with Crippen LogP contribution in [0.2, 0.25) is 5.02 Å². The molecule has 0 atom stereocenters. The van der Waals surface area contributed by atoms with E-state index in [9.17, 15) is 4.39 Å². The molecule has 0 spiro atoms. The lowest BCUT2D eigenvalue weighted by molar-refractivity contribution is 0.435. The van der Waals surface area contributed by atoms with Crippen LogP contribution in [-0.4, -0.2) is 5.16 Å². The van der Waals surface area contributed by atoms with Gasteiger partial charge >= 0.3 is 0 Å². The van der Waals surface area contributed by atoms with Crippen molar-refractivity contribution in [2.45, 2.75) is 0 Å². The van der Waals surface area contributed by atoms with Gasteiger partial charge in [-0.3, -0.25) is 0 Å². The van der Waals surface area contributed by atoms with Crippen molar-refractivity contribution >= 4 is 33.3 Å². The highest BCUT2D eigenvalue weighted by atomic mass is 79.9. The fraction of sp³-hybridized carbons (Fsp3) is 0. The summed E-state index contributed by atoms with van der Waals surface area (Å²) < 4.78 is 19.3. The molecule has 3 rings (SSSR count). The number of anilines is 1. The van der Waals surface area contributed by atoms with E-state index in [1.165, 1.54) is 6.07 Å². The molecule has 0 saturated carbocycles. The number of rotatable bonds is 2. The Hall–Kier alpha value is -1.85. The van der Waals surface area contributed by atoms with Crippen molar-refractivity contribution < 1.29 is 8.91 Å². The SMILES string of the molecule is Nc1noc(-c2cccc(F)c2Br)c1-c1ccccc1Cl. The minimum Gasteiger partial charge on any atom is -0.380 e. The zero-order valence-electron chi connectivity index (χ0n) is 10.6. The monoisotopic (exact) mass is 366 g/mol. The molecule has 1 aromatic heterocycles. The summed E-state index contributed by atoms with van der Waals surface area (Å²) in [6.07, 6.45) is 0. The van der Waals surface area contributed by atoms with E-state index in [4.69, 9.17) is 21.9 Å². The molecule has 6 heteroatoms. The molecule has 0 aliphatic rings. The summed E-state index contributed by atoms with van der Waals surface area (Å²) >= 11 is 9.42. The number of benzene rings is 2. The number of nitrogens with two attached hydrogens (primary N) is 1. The van der Waals surface area contributed by atoms with E-state index in [2.05, 4.69) is 21.1 Å². The largest absolute Gasteiger partial charge is 0.380 e. The first-order valence-corrected chi connectivity index (χ1v) is 7.21. The molecule has 0 bridgehead atoms. The molecule has 0 saturated heterocycles. The fourth-order valence-corrected chi connectivity index (χ4v) is 2.76. The van der Waals surface area contributed by atoms with Crippen molar-refractivity contribution in [3.63, 3.8) is 0 Å². The van der Waals surface area contributed by atoms with Crippen molar-refractivity contribution in [3.8, 4) is 22.5 Å². The Balaban J connectivity index is 2.28. The quantitative estimate of drug-likeness (QED) is 0.682. The van der Waals surface area contributed by atoms with Crippen LogP contribution >= 0.6 is 27.5 Å². The van der Waals surface area contributed by atoms with E-state index in [1.54, 1.807) is 18.2 Å². The highest BCUT2D eigenvalue weighted by Crippen LogP contribution is 2.42. The molecule has 21 heavy (non-hydrogen) atoms. The van der Waals surface area contributed by atoms with Gasteiger partial charge in [0.15, 0.2) is 11.6 Å². The molecular weight excluding hydrogens is 359 g/mol. The highest BCUT2D eigenvalue weighted by molar-refractivity contribution is 9.10. The maximum atomic E-state index is 13.7. The summed E-state index contributed by atoms with van der Waals surface area (Å²) in [6.45, 7) is 0. The fourth-order valence-electron chi connectivity index (χ4n) is 2.09. The van der Waals surface area contributed by atoms with Gasteiger partial charge in [-0.25, -0.2) is 4.39 Å². The normalized spacial score (nSPS) is 10.8. The van der Waals surface area contributed by atoms with Crippen LogP contribution < -0.4 is 5.73 Å². The predicted molar refractivity (Wildman–Crippen MR) is 84.5 cm³/mol. The predicted octanol–water partition coefficient (Wildman–Crippen LogP) is 5.15. The topological polar surface area (TPSA) is 52.0 Å². The van der Waals surface area contributed by atoms with E-state index in [0.717, 1.165) is 0 Å². The molecule has 106 valence electrons. The first kappa shape index (κ1) is 14.1. The average Bonchev–Trinajstić information content (AvgIpc) is 2.84. The number of halogens is 3. The Morgan fingerprint density at radius 3 is 2.57 bits per heavy atom. The molecule has 2 N–H and O–H groups in total. The zero-order chi connectivity index (χ0) is 15.0. The van der Waals surface area contributed by atoms with E-state index in [-0.39, 0.29) is 10.3 Å². The summed E-state index contributed by atoms with van der Waals surface area (Å²) in [6, 6.07) is 11.8. The van der Waals surface area contributed by atoms with Crippen LogP contribution in [0.1, 0.15) is 0 Å². The van der Waals surface area contributed by atoms with Crippen molar-refractivity contribution in [1.82, 2.24) is 5.16 Å². The second-order valence-electron chi connectivity index (χ2n) is 4.35. The van der Waals surface area contributed by atoms with Crippen LogP contribution in [0.4, 0.5) is 10.2 Å². The summed E-state index contributed by atoms with van der Waals surface area (Å²) in [4.78, 5) is 0. The van der Waals surface area contributed by atoms with Crippen LogP contribution in [0.3, 0.4) is 0 Å². The van der Waals surface area contributed by atoms with Gasteiger partial charge in [0, 0.05) is 16.1 Å². The molecule has 3 nitrogen and oxygen atoms in total. The van der Waals surface area contributed by atoms with Crippen LogP contribution in [0.25, 0.3) is 22.5 Å². The summed E-state index contributed by atoms with van der Waals surface area (Å²) in [5.74, 6) is 0.175. The lowest BCUT2D eigenvalue weighted by Gasteiger charge is -2.06. The Morgan fingerprint density at radius 1 is 1.10 bits per heavy atom. The summed E-state index contributed by atoms with van der Waals surface area (Å²) in [5.41, 5.74) is 7.65. The average molecular weight is 368 g/mol. The minimum absolute atomic E-state index is 0.203. The molecule has 0 unspecified atom stereocenters. The van der Waals surface area contributed by atoms with Crippen molar-refractivity contribution in [3.05, 3.63) is 57.8 Å². The van der Waals surface area contributed by atoms with Crippen LogP contribution in [0.5, 0.6) is 0 Å².